The summed E-state index contributed by atoms with van der Waals surface area (Å²) in [6, 6.07) is 4.89. The number of nitro benzene ring substituents is 1. The molecule has 2 atom stereocenters. The Kier molecular flexibility index (Phi) is 4.42. The predicted octanol–water partition coefficient (Wildman–Crippen LogP) is 3.15. The molecule has 0 bridgehead atoms. The lowest BCUT2D eigenvalue weighted by Gasteiger charge is -2.34. The minimum atomic E-state index is -0.469. The van der Waals surface area contributed by atoms with E-state index in [1.165, 1.54) is 0 Å². The zero-order valence-electron chi connectivity index (χ0n) is 11.5. The number of nitrogens with zero attached hydrogens (tertiary/aromatic N) is 2. The number of alkyl halides is 1. The van der Waals surface area contributed by atoms with E-state index in [0.717, 1.165) is 6.42 Å². The highest BCUT2D eigenvalue weighted by Gasteiger charge is 2.31. The zero-order chi connectivity index (χ0) is 14.9. The Morgan fingerprint density at radius 1 is 1.50 bits per heavy atom. The van der Waals surface area contributed by atoms with Crippen molar-refractivity contribution in [1.82, 2.24) is 4.90 Å². The molecule has 0 aliphatic carbocycles. The largest absolute Gasteiger partial charge is 0.338 e. The highest BCUT2D eigenvalue weighted by atomic mass is 79.9. The van der Waals surface area contributed by atoms with Gasteiger partial charge in [-0.15, -0.1) is 0 Å². The predicted molar refractivity (Wildman–Crippen MR) is 80.2 cm³/mol. The molecule has 1 aromatic rings. The maximum atomic E-state index is 12.5. The molecule has 1 aromatic carbocycles. The molecule has 1 aliphatic rings. The van der Waals surface area contributed by atoms with Crippen molar-refractivity contribution < 1.29 is 9.72 Å². The standard InChI is InChI=1S/C14H17BrN2O3/c1-9-4-3-5-11(13(9)17(19)20)14(18)16-7-6-12(15)10(2)8-16/h3-5,10,12H,6-8H2,1-2H3. The highest BCUT2D eigenvalue weighted by Crippen LogP contribution is 2.28. The molecule has 2 rings (SSSR count). The normalized spacial score (nSPS) is 22.6. The summed E-state index contributed by atoms with van der Waals surface area (Å²) < 4.78 is 0. The molecule has 1 saturated heterocycles. The second-order valence-electron chi connectivity index (χ2n) is 5.26. The van der Waals surface area contributed by atoms with Gasteiger partial charge in [-0.05, 0) is 25.3 Å². The van der Waals surface area contributed by atoms with Gasteiger partial charge in [-0.2, -0.15) is 0 Å². The first kappa shape index (κ1) is 15.0. The van der Waals surface area contributed by atoms with Crippen LogP contribution in [0.15, 0.2) is 18.2 Å². The molecule has 1 aliphatic heterocycles. The number of piperidine rings is 1. The first-order valence-corrected chi connectivity index (χ1v) is 7.50. The number of rotatable bonds is 2. The Morgan fingerprint density at radius 3 is 2.80 bits per heavy atom. The Morgan fingerprint density at radius 2 is 2.20 bits per heavy atom. The molecule has 0 aromatic heterocycles. The van der Waals surface area contributed by atoms with Crippen LogP contribution in [0, 0.1) is 23.0 Å². The lowest BCUT2D eigenvalue weighted by Crippen LogP contribution is -2.43. The zero-order valence-corrected chi connectivity index (χ0v) is 13.1. The first-order chi connectivity index (χ1) is 9.41. The Bertz CT molecular complexity index is 547. The van der Waals surface area contributed by atoms with Crippen molar-refractivity contribution in [2.75, 3.05) is 13.1 Å². The fraction of sp³-hybridized carbons (Fsp3) is 0.500. The summed E-state index contributed by atoms with van der Waals surface area (Å²) in [5, 5.41) is 11.2. The number of carbonyl (C=O) groups is 1. The average molecular weight is 341 g/mol. The topological polar surface area (TPSA) is 63.5 Å². The van der Waals surface area contributed by atoms with Gasteiger partial charge >= 0.3 is 0 Å². The molecule has 1 amide bonds. The van der Waals surface area contributed by atoms with Crippen molar-refractivity contribution in [1.29, 1.82) is 0 Å². The molecular weight excluding hydrogens is 324 g/mol. The summed E-state index contributed by atoms with van der Waals surface area (Å²) in [5.74, 6) is 0.100. The lowest BCUT2D eigenvalue weighted by molar-refractivity contribution is -0.385. The Labute approximate surface area is 126 Å². The van der Waals surface area contributed by atoms with Crippen LogP contribution in [-0.2, 0) is 0 Å². The Balaban J connectivity index is 2.30. The van der Waals surface area contributed by atoms with E-state index < -0.39 is 4.92 Å². The summed E-state index contributed by atoms with van der Waals surface area (Å²) in [4.78, 5) is 25.4. The number of halogens is 1. The monoisotopic (exact) mass is 340 g/mol. The molecular formula is C14H17BrN2O3. The molecule has 0 spiro atoms. The molecule has 108 valence electrons. The number of carbonyl (C=O) groups excluding carboxylic acids is 1. The van der Waals surface area contributed by atoms with Crippen LogP contribution in [0.1, 0.15) is 29.3 Å². The smallest absolute Gasteiger partial charge is 0.285 e. The number of nitro groups is 1. The third-order valence-electron chi connectivity index (χ3n) is 3.74. The van der Waals surface area contributed by atoms with Crippen LogP contribution in [-0.4, -0.2) is 33.6 Å². The number of hydrogen-bond donors (Lipinski definition) is 0. The molecule has 5 nitrogen and oxygen atoms in total. The van der Waals surface area contributed by atoms with Crippen LogP contribution in [0.4, 0.5) is 5.69 Å². The maximum absolute atomic E-state index is 12.5. The van der Waals surface area contributed by atoms with Crippen molar-refractivity contribution in [2.45, 2.75) is 25.1 Å². The minimum absolute atomic E-state index is 0.0777. The van der Waals surface area contributed by atoms with Gasteiger partial charge in [-0.1, -0.05) is 35.0 Å². The number of likely N-dealkylation sites (tertiary alicyclic amines) is 1. The van der Waals surface area contributed by atoms with E-state index in [4.69, 9.17) is 0 Å². The maximum Gasteiger partial charge on any atom is 0.285 e. The summed E-state index contributed by atoms with van der Waals surface area (Å²) in [6.45, 7) is 4.98. The van der Waals surface area contributed by atoms with Crippen LogP contribution in [0.25, 0.3) is 0 Å². The second-order valence-corrected chi connectivity index (χ2v) is 6.44. The molecule has 0 saturated carbocycles. The number of aryl methyl sites for hydroxylation is 1. The van der Waals surface area contributed by atoms with Gasteiger partial charge in [0, 0.05) is 23.5 Å². The van der Waals surface area contributed by atoms with Crippen LogP contribution in [0.2, 0.25) is 0 Å². The number of benzene rings is 1. The van der Waals surface area contributed by atoms with Crippen LogP contribution >= 0.6 is 15.9 Å². The third-order valence-corrected chi connectivity index (χ3v) is 5.10. The molecule has 1 fully saturated rings. The SMILES string of the molecule is Cc1cccc(C(=O)N2CCC(Br)C(C)C2)c1[N+](=O)[O-]. The van der Waals surface area contributed by atoms with E-state index in [-0.39, 0.29) is 17.2 Å². The van der Waals surface area contributed by atoms with Crippen molar-refractivity contribution in [2.24, 2.45) is 5.92 Å². The third kappa shape index (κ3) is 2.85. The van der Waals surface area contributed by atoms with Gasteiger partial charge in [0.25, 0.3) is 11.6 Å². The second kappa shape index (κ2) is 5.91. The molecule has 0 radical (unpaired) electrons. The van der Waals surface area contributed by atoms with Gasteiger partial charge in [0.05, 0.1) is 4.92 Å². The molecule has 6 heteroatoms. The molecule has 2 unspecified atom stereocenters. The number of amides is 1. The van der Waals surface area contributed by atoms with Gasteiger partial charge in [0.2, 0.25) is 0 Å². The highest BCUT2D eigenvalue weighted by molar-refractivity contribution is 9.09. The molecule has 20 heavy (non-hydrogen) atoms. The fourth-order valence-corrected chi connectivity index (χ4v) is 2.92. The van der Waals surface area contributed by atoms with Gasteiger partial charge in [0.1, 0.15) is 5.56 Å². The van der Waals surface area contributed by atoms with E-state index in [9.17, 15) is 14.9 Å². The summed E-state index contributed by atoms with van der Waals surface area (Å²) in [6.07, 6.45) is 0.868. The minimum Gasteiger partial charge on any atom is -0.338 e. The quantitative estimate of drug-likeness (QED) is 0.472. The van der Waals surface area contributed by atoms with Gasteiger partial charge in [-0.25, -0.2) is 0 Å². The fourth-order valence-electron chi connectivity index (χ4n) is 2.55. The van der Waals surface area contributed by atoms with E-state index in [1.807, 2.05) is 0 Å². The van der Waals surface area contributed by atoms with E-state index in [2.05, 4.69) is 22.9 Å². The first-order valence-electron chi connectivity index (χ1n) is 6.59. The van der Waals surface area contributed by atoms with E-state index in [0.29, 0.717) is 29.4 Å². The molecule has 1 heterocycles. The van der Waals surface area contributed by atoms with E-state index in [1.54, 1.807) is 30.0 Å². The van der Waals surface area contributed by atoms with E-state index >= 15 is 0 Å². The van der Waals surface area contributed by atoms with Crippen LogP contribution < -0.4 is 0 Å². The summed E-state index contributed by atoms with van der Waals surface area (Å²) in [5.41, 5.74) is 0.630. The van der Waals surface area contributed by atoms with Crippen molar-refractivity contribution in [3.05, 3.63) is 39.4 Å². The number of hydrogen-bond acceptors (Lipinski definition) is 3. The van der Waals surface area contributed by atoms with Crippen molar-refractivity contribution in [3.8, 4) is 0 Å². The van der Waals surface area contributed by atoms with Crippen molar-refractivity contribution in [3.63, 3.8) is 0 Å². The van der Waals surface area contributed by atoms with Gasteiger partial charge < -0.3 is 4.90 Å². The van der Waals surface area contributed by atoms with Gasteiger partial charge in [-0.3, -0.25) is 14.9 Å². The molecule has 0 N–H and O–H groups in total. The summed E-state index contributed by atoms with van der Waals surface area (Å²) in [7, 11) is 0. The van der Waals surface area contributed by atoms with Crippen molar-refractivity contribution >= 4 is 27.5 Å². The number of para-hydroxylation sites is 1. The summed E-state index contributed by atoms with van der Waals surface area (Å²) >= 11 is 3.59. The average Bonchev–Trinajstić information content (AvgIpc) is 2.40. The van der Waals surface area contributed by atoms with Crippen LogP contribution in [0.3, 0.4) is 0 Å². The Hall–Kier alpha value is -1.43. The lowest BCUT2D eigenvalue weighted by atomic mass is 9.98. The van der Waals surface area contributed by atoms with Crippen LogP contribution in [0.5, 0.6) is 0 Å². The van der Waals surface area contributed by atoms with Gasteiger partial charge in [0.15, 0.2) is 0 Å².